The van der Waals surface area contributed by atoms with Crippen molar-refractivity contribution in [3.8, 4) is 5.75 Å². The van der Waals surface area contributed by atoms with Crippen molar-refractivity contribution in [2.24, 2.45) is 5.92 Å². The van der Waals surface area contributed by atoms with Crippen molar-refractivity contribution in [2.45, 2.75) is 71.7 Å². The van der Waals surface area contributed by atoms with E-state index >= 15 is 0 Å². The van der Waals surface area contributed by atoms with E-state index in [1.165, 1.54) is 23.1 Å². The number of aromatic nitrogens is 3. The molecule has 1 N–H and O–H groups in total. The highest BCUT2D eigenvalue weighted by Gasteiger charge is 2.29. The summed E-state index contributed by atoms with van der Waals surface area (Å²) in [5.74, 6) is 1.35. The molecule has 0 saturated carbocycles. The van der Waals surface area contributed by atoms with E-state index in [-0.39, 0.29) is 24.2 Å². The standard InChI is InChI=1S/C29H35ClN4O4S2/c1-7-11-34-26(19(6)38-20-13-17(4)25(30)18(5)14-20)32-33-29(34)39-15-23(35)31-27-24(28(36)37-8-2)21-10-9-16(3)12-22(21)40-27/h7,13-14,16,19H,1,8-12,15H2,2-6H3,(H,31,35). The van der Waals surface area contributed by atoms with Crippen molar-refractivity contribution >= 4 is 51.6 Å². The smallest absolute Gasteiger partial charge is 0.341 e. The summed E-state index contributed by atoms with van der Waals surface area (Å²) >= 11 is 9.05. The lowest BCUT2D eigenvalue weighted by Crippen LogP contribution is -2.18. The van der Waals surface area contributed by atoms with Crippen molar-refractivity contribution in [3.63, 3.8) is 0 Å². The molecule has 2 atom stereocenters. The molecule has 0 aliphatic heterocycles. The third-order valence-electron chi connectivity index (χ3n) is 6.72. The number of hydrogen-bond acceptors (Lipinski definition) is 8. The molecule has 0 spiro atoms. The van der Waals surface area contributed by atoms with E-state index in [0.717, 1.165) is 45.9 Å². The molecule has 1 aliphatic rings. The van der Waals surface area contributed by atoms with Crippen LogP contribution in [-0.4, -0.2) is 39.0 Å². The van der Waals surface area contributed by atoms with Gasteiger partial charge in [-0.1, -0.05) is 36.4 Å². The predicted molar refractivity (Wildman–Crippen MR) is 161 cm³/mol. The molecule has 1 aromatic carbocycles. The predicted octanol–water partition coefficient (Wildman–Crippen LogP) is 6.97. The zero-order valence-electron chi connectivity index (χ0n) is 23.5. The number of hydrogen-bond donors (Lipinski definition) is 1. The number of amides is 1. The number of thiophene rings is 1. The average Bonchev–Trinajstić information content (AvgIpc) is 3.46. The molecule has 0 saturated heterocycles. The summed E-state index contributed by atoms with van der Waals surface area (Å²) in [4.78, 5) is 27.0. The number of rotatable bonds is 11. The Bertz CT molecular complexity index is 1390. The molecular formula is C29H35ClN4O4S2. The zero-order valence-corrected chi connectivity index (χ0v) is 25.9. The number of carbonyl (C=O) groups is 2. The van der Waals surface area contributed by atoms with E-state index in [4.69, 9.17) is 21.1 Å². The number of allylic oxidation sites excluding steroid dienone is 1. The molecule has 0 bridgehead atoms. The summed E-state index contributed by atoms with van der Waals surface area (Å²) < 4.78 is 13.4. The number of fused-ring (bicyclic) bond motifs is 1. The average molecular weight is 603 g/mol. The molecule has 3 aromatic rings. The van der Waals surface area contributed by atoms with Crippen LogP contribution in [0.1, 0.15) is 71.0 Å². The van der Waals surface area contributed by atoms with Crippen molar-refractivity contribution < 1.29 is 19.1 Å². The van der Waals surface area contributed by atoms with Crippen LogP contribution in [0.4, 0.5) is 5.00 Å². The molecule has 8 nitrogen and oxygen atoms in total. The van der Waals surface area contributed by atoms with Gasteiger partial charge in [-0.05, 0) is 81.7 Å². The van der Waals surface area contributed by atoms with Crippen LogP contribution in [0.5, 0.6) is 5.75 Å². The molecule has 11 heteroatoms. The molecule has 214 valence electrons. The van der Waals surface area contributed by atoms with Crippen molar-refractivity contribution in [2.75, 3.05) is 17.7 Å². The van der Waals surface area contributed by atoms with E-state index in [1.54, 1.807) is 13.0 Å². The SMILES string of the molecule is C=CCn1c(SCC(=O)Nc2sc3c(c2C(=O)OCC)CCC(C)C3)nnc1C(C)Oc1cc(C)c(Cl)c(C)c1. The molecule has 0 fully saturated rings. The van der Waals surface area contributed by atoms with Crippen molar-refractivity contribution in [1.29, 1.82) is 0 Å². The third-order valence-corrected chi connectivity index (χ3v) is 9.45. The summed E-state index contributed by atoms with van der Waals surface area (Å²) in [5.41, 5.74) is 3.39. The van der Waals surface area contributed by atoms with Gasteiger partial charge in [-0.15, -0.1) is 28.1 Å². The van der Waals surface area contributed by atoms with Crippen LogP contribution in [-0.2, 0) is 28.9 Å². The number of anilines is 1. The van der Waals surface area contributed by atoms with E-state index in [1.807, 2.05) is 37.5 Å². The summed E-state index contributed by atoms with van der Waals surface area (Å²) in [6, 6.07) is 3.79. The van der Waals surface area contributed by atoms with Gasteiger partial charge < -0.3 is 14.8 Å². The maximum atomic E-state index is 13.0. The quantitative estimate of drug-likeness (QED) is 0.144. The molecule has 2 aromatic heterocycles. The number of aryl methyl sites for hydroxylation is 2. The minimum atomic E-state index is -0.400. The van der Waals surface area contributed by atoms with Crippen LogP contribution in [0.25, 0.3) is 0 Å². The number of esters is 1. The van der Waals surface area contributed by atoms with Crippen LogP contribution in [0.15, 0.2) is 29.9 Å². The first-order chi connectivity index (χ1) is 19.1. The monoisotopic (exact) mass is 602 g/mol. The van der Waals surface area contributed by atoms with Crippen LogP contribution in [0.2, 0.25) is 5.02 Å². The lowest BCUT2D eigenvalue weighted by Gasteiger charge is -2.18. The molecule has 1 amide bonds. The number of thioether (sulfide) groups is 1. The van der Waals surface area contributed by atoms with Crippen LogP contribution >= 0.6 is 34.7 Å². The fraction of sp³-hybridized carbons (Fsp3) is 0.448. The minimum absolute atomic E-state index is 0.0985. The first-order valence-electron chi connectivity index (χ1n) is 13.3. The minimum Gasteiger partial charge on any atom is -0.483 e. The highest BCUT2D eigenvalue weighted by Crippen LogP contribution is 2.40. The van der Waals surface area contributed by atoms with Gasteiger partial charge in [0.2, 0.25) is 5.91 Å². The van der Waals surface area contributed by atoms with Crippen molar-refractivity contribution in [3.05, 3.63) is 62.8 Å². The van der Waals surface area contributed by atoms with Gasteiger partial charge in [0.05, 0.1) is 17.9 Å². The van der Waals surface area contributed by atoms with Crippen LogP contribution < -0.4 is 10.1 Å². The first kappa shape index (κ1) is 30.1. The molecule has 40 heavy (non-hydrogen) atoms. The Hall–Kier alpha value is -2.82. The zero-order chi connectivity index (χ0) is 29.0. The molecule has 0 radical (unpaired) electrons. The number of benzene rings is 1. The molecule has 2 heterocycles. The normalized spacial score (nSPS) is 15.3. The molecular weight excluding hydrogens is 568 g/mol. The van der Waals surface area contributed by atoms with Gasteiger partial charge in [0.15, 0.2) is 17.1 Å². The second kappa shape index (κ2) is 13.2. The Kier molecular flexibility index (Phi) is 9.97. The van der Waals surface area contributed by atoms with Crippen molar-refractivity contribution in [1.82, 2.24) is 14.8 Å². The van der Waals surface area contributed by atoms with Crippen LogP contribution in [0, 0.1) is 19.8 Å². The lowest BCUT2D eigenvalue weighted by atomic mass is 9.88. The maximum absolute atomic E-state index is 13.0. The number of nitrogens with one attached hydrogen (secondary N) is 1. The van der Waals surface area contributed by atoms with Gasteiger partial charge in [0, 0.05) is 16.4 Å². The molecule has 1 aliphatic carbocycles. The Morgan fingerprint density at radius 1 is 1.32 bits per heavy atom. The second-order valence-electron chi connectivity index (χ2n) is 9.98. The summed E-state index contributed by atoms with van der Waals surface area (Å²) in [7, 11) is 0. The van der Waals surface area contributed by atoms with E-state index in [0.29, 0.717) is 39.8 Å². The Balaban J connectivity index is 1.47. The first-order valence-corrected chi connectivity index (χ1v) is 15.5. The van der Waals surface area contributed by atoms with Crippen LogP contribution in [0.3, 0.4) is 0 Å². The Morgan fingerprint density at radius 2 is 2.05 bits per heavy atom. The fourth-order valence-electron chi connectivity index (χ4n) is 4.79. The topological polar surface area (TPSA) is 95.3 Å². The number of nitrogens with zero attached hydrogens (tertiary/aromatic N) is 3. The summed E-state index contributed by atoms with van der Waals surface area (Å²) in [5, 5.41) is 13.5. The third kappa shape index (κ3) is 6.72. The number of halogens is 1. The summed E-state index contributed by atoms with van der Waals surface area (Å²) in [6.45, 7) is 14.4. The number of carbonyl (C=O) groups excluding carboxylic acids is 2. The van der Waals surface area contributed by atoms with Gasteiger partial charge in [-0.3, -0.25) is 9.36 Å². The fourth-order valence-corrected chi connectivity index (χ4v) is 7.07. The van der Waals surface area contributed by atoms with Gasteiger partial charge in [-0.2, -0.15) is 0 Å². The van der Waals surface area contributed by atoms with Gasteiger partial charge in [0.25, 0.3) is 0 Å². The Morgan fingerprint density at radius 3 is 2.73 bits per heavy atom. The van der Waals surface area contributed by atoms with E-state index in [2.05, 4.69) is 29.0 Å². The lowest BCUT2D eigenvalue weighted by molar-refractivity contribution is -0.113. The highest BCUT2D eigenvalue weighted by atomic mass is 35.5. The maximum Gasteiger partial charge on any atom is 0.341 e. The molecule has 4 rings (SSSR count). The molecule has 2 unspecified atom stereocenters. The van der Waals surface area contributed by atoms with Gasteiger partial charge >= 0.3 is 5.97 Å². The van der Waals surface area contributed by atoms with E-state index < -0.39 is 6.10 Å². The Labute approximate surface area is 248 Å². The number of ether oxygens (including phenoxy) is 2. The van der Waals surface area contributed by atoms with Gasteiger partial charge in [-0.25, -0.2) is 4.79 Å². The van der Waals surface area contributed by atoms with E-state index in [9.17, 15) is 9.59 Å². The second-order valence-corrected chi connectivity index (χ2v) is 12.4. The summed E-state index contributed by atoms with van der Waals surface area (Å²) in [6.07, 6.45) is 4.08. The highest BCUT2D eigenvalue weighted by molar-refractivity contribution is 7.99. The largest absolute Gasteiger partial charge is 0.483 e. The van der Waals surface area contributed by atoms with Gasteiger partial charge in [0.1, 0.15) is 10.8 Å².